The fraction of sp³-hybridized carbons (Fsp3) is 0.900. The number of hydrogen-bond donors (Lipinski definition) is 2. The normalized spacial score (nSPS) is 21.7. The van der Waals surface area contributed by atoms with Crippen molar-refractivity contribution in [3.05, 3.63) is 0 Å². The summed E-state index contributed by atoms with van der Waals surface area (Å²) >= 11 is 0. The first-order valence-corrected chi connectivity index (χ1v) is 10.5. The molecule has 0 bridgehead atoms. The van der Waals surface area contributed by atoms with Gasteiger partial charge in [0, 0.05) is 46.3 Å². The third kappa shape index (κ3) is 7.40. The van der Waals surface area contributed by atoms with Crippen LogP contribution in [0.5, 0.6) is 0 Å². The molecule has 6 nitrogen and oxygen atoms in total. The molecule has 7 heteroatoms. The van der Waals surface area contributed by atoms with E-state index in [4.69, 9.17) is 4.99 Å². The first-order valence-electron chi connectivity index (χ1n) is 10.5. The van der Waals surface area contributed by atoms with Crippen LogP contribution in [0.1, 0.15) is 45.4 Å². The number of likely N-dealkylation sites (tertiary alicyclic amines) is 1. The lowest BCUT2D eigenvalue weighted by Gasteiger charge is -2.33. The summed E-state index contributed by atoms with van der Waals surface area (Å²) in [7, 11) is 3.65. The quantitative estimate of drug-likeness (QED) is 0.311. The smallest absolute Gasteiger partial charge is 0.236 e. The van der Waals surface area contributed by atoms with Crippen LogP contribution < -0.4 is 10.6 Å². The Morgan fingerprint density at radius 2 is 1.70 bits per heavy atom. The molecule has 1 aliphatic heterocycles. The fourth-order valence-corrected chi connectivity index (χ4v) is 4.01. The van der Waals surface area contributed by atoms with E-state index < -0.39 is 0 Å². The minimum Gasteiger partial charge on any atom is -0.357 e. The standard InChI is InChI=1S/C20H37N5O.HI/c1-4-21-20(22-13-18(15-5-6-15)16-7-8-16)23-17-9-11-25(12-10-17)14-19(26)24(2)3;/h15-18H,4-14H2,1-3H3,(H2,21,22,23);1H. The van der Waals surface area contributed by atoms with Crippen molar-refractivity contribution in [1.29, 1.82) is 0 Å². The summed E-state index contributed by atoms with van der Waals surface area (Å²) in [6.45, 7) is 6.51. The summed E-state index contributed by atoms with van der Waals surface area (Å²) in [5.41, 5.74) is 0. The lowest BCUT2D eigenvalue weighted by Crippen LogP contribution is -2.50. The summed E-state index contributed by atoms with van der Waals surface area (Å²) in [6.07, 6.45) is 7.82. The lowest BCUT2D eigenvalue weighted by molar-refractivity contribution is -0.130. The molecule has 2 aliphatic carbocycles. The largest absolute Gasteiger partial charge is 0.357 e. The molecule has 3 aliphatic rings. The van der Waals surface area contributed by atoms with Gasteiger partial charge < -0.3 is 15.5 Å². The highest BCUT2D eigenvalue weighted by molar-refractivity contribution is 14.0. The first-order chi connectivity index (χ1) is 12.6. The number of nitrogens with zero attached hydrogens (tertiary/aromatic N) is 3. The van der Waals surface area contributed by atoms with E-state index in [-0.39, 0.29) is 29.9 Å². The third-order valence-corrected chi connectivity index (χ3v) is 6.05. The van der Waals surface area contributed by atoms with Gasteiger partial charge in [0.2, 0.25) is 5.91 Å². The van der Waals surface area contributed by atoms with Crippen LogP contribution in [0.25, 0.3) is 0 Å². The molecule has 1 heterocycles. The molecule has 1 amide bonds. The number of likely N-dealkylation sites (N-methyl/N-ethyl adjacent to an activating group) is 1. The van der Waals surface area contributed by atoms with E-state index in [1.165, 1.54) is 25.7 Å². The summed E-state index contributed by atoms with van der Waals surface area (Å²) < 4.78 is 0. The summed E-state index contributed by atoms with van der Waals surface area (Å²) in [5.74, 6) is 3.90. The number of carbonyl (C=O) groups is 1. The van der Waals surface area contributed by atoms with Gasteiger partial charge in [-0.25, -0.2) is 0 Å². The van der Waals surface area contributed by atoms with Crippen LogP contribution in [-0.4, -0.2) is 74.5 Å². The molecule has 0 spiro atoms. The number of hydrogen-bond acceptors (Lipinski definition) is 3. The van der Waals surface area contributed by atoms with Crippen LogP contribution in [0.3, 0.4) is 0 Å². The molecule has 3 rings (SSSR count). The van der Waals surface area contributed by atoms with Gasteiger partial charge in [-0.15, -0.1) is 24.0 Å². The minimum atomic E-state index is 0. The minimum absolute atomic E-state index is 0. The predicted molar refractivity (Wildman–Crippen MR) is 122 cm³/mol. The van der Waals surface area contributed by atoms with Crippen molar-refractivity contribution < 1.29 is 4.79 Å². The van der Waals surface area contributed by atoms with Gasteiger partial charge in [-0.05, 0) is 63.2 Å². The van der Waals surface area contributed by atoms with Crippen molar-refractivity contribution in [3.63, 3.8) is 0 Å². The maximum absolute atomic E-state index is 11.9. The molecule has 0 aromatic rings. The molecule has 0 radical (unpaired) electrons. The van der Waals surface area contributed by atoms with Gasteiger partial charge in [-0.1, -0.05) is 0 Å². The molecule has 2 saturated carbocycles. The van der Waals surface area contributed by atoms with Gasteiger partial charge >= 0.3 is 0 Å². The Morgan fingerprint density at radius 3 is 2.19 bits per heavy atom. The van der Waals surface area contributed by atoms with Crippen LogP contribution >= 0.6 is 24.0 Å². The second-order valence-corrected chi connectivity index (χ2v) is 8.54. The maximum Gasteiger partial charge on any atom is 0.236 e. The molecular formula is C20H38IN5O. The van der Waals surface area contributed by atoms with Crippen LogP contribution in [0.2, 0.25) is 0 Å². The molecular weight excluding hydrogens is 453 g/mol. The van der Waals surface area contributed by atoms with E-state index in [0.29, 0.717) is 12.6 Å². The van der Waals surface area contributed by atoms with Gasteiger partial charge in [-0.2, -0.15) is 0 Å². The summed E-state index contributed by atoms with van der Waals surface area (Å²) in [6, 6.07) is 0.457. The number of rotatable bonds is 8. The Morgan fingerprint density at radius 1 is 1.11 bits per heavy atom. The number of halogens is 1. The van der Waals surface area contributed by atoms with Crippen molar-refractivity contribution in [2.45, 2.75) is 51.5 Å². The zero-order valence-corrected chi connectivity index (χ0v) is 19.6. The zero-order chi connectivity index (χ0) is 18.5. The number of guanidine groups is 1. The number of piperidine rings is 1. The van der Waals surface area contributed by atoms with E-state index in [1.807, 2.05) is 14.1 Å². The van der Waals surface area contributed by atoms with Gasteiger partial charge in [-0.3, -0.25) is 14.7 Å². The summed E-state index contributed by atoms with van der Waals surface area (Å²) in [5, 5.41) is 7.07. The van der Waals surface area contributed by atoms with Crippen LogP contribution in [-0.2, 0) is 4.79 Å². The highest BCUT2D eigenvalue weighted by Gasteiger charge is 2.41. The Hall–Kier alpha value is -0.570. The molecule has 3 fully saturated rings. The van der Waals surface area contributed by atoms with E-state index in [2.05, 4.69) is 22.5 Å². The fourth-order valence-electron chi connectivity index (χ4n) is 4.01. The van der Waals surface area contributed by atoms with Crippen LogP contribution in [0.4, 0.5) is 0 Å². The Labute approximate surface area is 181 Å². The molecule has 0 aromatic heterocycles. The highest BCUT2D eigenvalue weighted by Crippen LogP contribution is 2.49. The van der Waals surface area contributed by atoms with E-state index in [9.17, 15) is 4.79 Å². The topological polar surface area (TPSA) is 60.0 Å². The third-order valence-electron chi connectivity index (χ3n) is 6.05. The van der Waals surface area contributed by atoms with E-state index in [0.717, 1.165) is 62.7 Å². The average molecular weight is 491 g/mol. The van der Waals surface area contributed by atoms with Gasteiger partial charge in [0.05, 0.1) is 6.54 Å². The molecule has 1 saturated heterocycles. The Bertz CT molecular complexity index is 485. The second-order valence-electron chi connectivity index (χ2n) is 8.54. The monoisotopic (exact) mass is 491 g/mol. The number of nitrogens with one attached hydrogen (secondary N) is 2. The van der Waals surface area contributed by atoms with E-state index >= 15 is 0 Å². The predicted octanol–water partition coefficient (Wildman–Crippen LogP) is 2.15. The first kappa shape index (κ1) is 22.7. The Balaban J connectivity index is 0.00000261. The zero-order valence-electron chi connectivity index (χ0n) is 17.2. The second kappa shape index (κ2) is 10.8. The van der Waals surface area contributed by atoms with Gasteiger partial charge in [0.25, 0.3) is 0 Å². The lowest BCUT2D eigenvalue weighted by atomic mass is 9.98. The van der Waals surface area contributed by atoms with Crippen molar-refractivity contribution in [1.82, 2.24) is 20.4 Å². The van der Waals surface area contributed by atoms with Gasteiger partial charge in [0.15, 0.2) is 5.96 Å². The van der Waals surface area contributed by atoms with Crippen molar-refractivity contribution in [3.8, 4) is 0 Å². The van der Waals surface area contributed by atoms with Crippen LogP contribution in [0, 0.1) is 17.8 Å². The van der Waals surface area contributed by atoms with Crippen molar-refractivity contribution >= 4 is 35.8 Å². The molecule has 0 aromatic carbocycles. The number of carbonyl (C=O) groups excluding carboxylic acids is 1. The van der Waals surface area contributed by atoms with E-state index in [1.54, 1.807) is 4.90 Å². The highest BCUT2D eigenvalue weighted by atomic mass is 127. The number of amides is 1. The molecule has 2 N–H and O–H groups in total. The number of aliphatic imine (C=N–C) groups is 1. The molecule has 27 heavy (non-hydrogen) atoms. The van der Waals surface area contributed by atoms with Crippen molar-refractivity contribution in [2.75, 3.05) is 46.8 Å². The average Bonchev–Trinajstić information content (AvgIpc) is 3.51. The van der Waals surface area contributed by atoms with Crippen molar-refractivity contribution in [2.24, 2.45) is 22.7 Å². The SMILES string of the molecule is CCNC(=NCC(C1CC1)C1CC1)NC1CCN(CC(=O)N(C)C)CC1.I. The summed E-state index contributed by atoms with van der Waals surface area (Å²) in [4.78, 5) is 20.7. The van der Waals surface area contributed by atoms with Crippen LogP contribution in [0.15, 0.2) is 4.99 Å². The maximum atomic E-state index is 11.9. The molecule has 0 atom stereocenters. The Kier molecular flexibility index (Phi) is 9.11. The molecule has 156 valence electrons. The van der Waals surface area contributed by atoms with Gasteiger partial charge in [0.1, 0.15) is 0 Å². The molecule has 0 unspecified atom stereocenters.